The summed E-state index contributed by atoms with van der Waals surface area (Å²) in [6.45, 7) is 0.498. The molecule has 2 heterocycles. The number of halogens is 1. The molecule has 2 N–H and O–H groups in total. The monoisotopic (exact) mass is 351 g/mol. The van der Waals surface area contributed by atoms with Gasteiger partial charge in [-0.2, -0.15) is 5.10 Å². The lowest BCUT2D eigenvalue weighted by Gasteiger charge is -2.03. The Morgan fingerprint density at radius 3 is 2.80 bits per heavy atom. The topological polar surface area (TPSA) is 75.6 Å². The first-order valence-electron chi connectivity index (χ1n) is 7.71. The lowest BCUT2D eigenvalue weighted by Crippen LogP contribution is -2.12. The van der Waals surface area contributed by atoms with Crippen molar-refractivity contribution in [3.8, 4) is 0 Å². The fourth-order valence-electron chi connectivity index (χ4n) is 2.56. The highest BCUT2D eigenvalue weighted by atomic mass is 35.5. The van der Waals surface area contributed by atoms with E-state index in [0.29, 0.717) is 23.1 Å². The molecule has 25 heavy (non-hydrogen) atoms. The zero-order chi connectivity index (χ0) is 17.2. The summed E-state index contributed by atoms with van der Waals surface area (Å²) in [7, 11) is 0. The van der Waals surface area contributed by atoms with Crippen molar-refractivity contribution >= 4 is 34.5 Å². The molecule has 4 aromatic rings. The normalized spacial score (nSPS) is 10.9. The summed E-state index contributed by atoms with van der Waals surface area (Å²) in [6.07, 6.45) is 3.20. The highest BCUT2D eigenvalue weighted by Gasteiger charge is 2.12. The van der Waals surface area contributed by atoms with E-state index >= 15 is 0 Å². The quantitative estimate of drug-likeness (QED) is 0.588. The van der Waals surface area contributed by atoms with Crippen LogP contribution in [0.2, 0.25) is 5.02 Å². The maximum atomic E-state index is 12.4. The number of nitrogens with one attached hydrogen (secondary N) is 2. The van der Waals surface area contributed by atoms with Gasteiger partial charge in [0.2, 0.25) is 5.95 Å². The maximum Gasteiger partial charge on any atom is 0.261 e. The number of benzene rings is 2. The minimum Gasteiger partial charge on any atom is -0.324 e. The second kappa shape index (κ2) is 6.41. The largest absolute Gasteiger partial charge is 0.324 e. The maximum absolute atomic E-state index is 12.4. The van der Waals surface area contributed by atoms with Crippen LogP contribution in [0.4, 0.5) is 5.95 Å². The standard InChI is InChI=1S/C18H14ClN5O/c19-14-6-2-1-5-12(14)10-24-11-13(9-20-24)17(25)23-18-21-15-7-3-4-8-16(15)22-18/h1-9,11H,10H2,(H2,21,22,23,25). The molecule has 6 nitrogen and oxygen atoms in total. The van der Waals surface area contributed by atoms with Gasteiger partial charge in [-0.25, -0.2) is 4.98 Å². The van der Waals surface area contributed by atoms with Crippen molar-refractivity contribution < 1.29 is 4.79 Å². The van der Waals surface area contributed by atoms with Gasteiger partial charge in [0.1, 0.15) is 0 Å². The Morgan fingerprint density at radius 1 is 1.16 bits per heavy atom. The summed E-state index contributed by atoms with van der Waals surface area (Å²) in [5.74, 6) is 0.134. The van der Waals surface area contributed by atoms with E-state index in [2.05, 4.69) is 20.4 Å². The third-order valence-electron chi connectivity index (χ3n) is 3.81. The average molecular weight is 352 g/mol. The van der Waals surface area contributed by atoms with E-state index in [1.807, 2.05) is 48.5 Å². The zero-order valence-corrected chi connectivity index (χ0v) is 13.9. The second-order valence-corrected chi connectivity index (χ2v) is 5.98. The Labute approximate surface area is 148 Å². The molecule has 124 valence electrons. The molecular formula is C18H14ClN5O. The molecule has 0 atom stereocenters. The van der Waals surface area contributed by atoms with Crippen LogP contribution >= 0.6 is 11.6 Å². The van der Waals surface area contributed by atoms with E-state index in [1.165, 1.54) is 6.20 Å². The van der Waals surface area contributed by atoms with Gasteiger partial charge in [0.15, 0.2) is 0 Å². The number of para-hydroxylation sites is 2. The van der Waals surface area contributed by atoms with Crippen LogP contribution in [0, 0.1) is 0 Å². The molecule has 2 aromatic heterocycles. The molecule has 0 saturated carbocycles. The summed E-state index contributed by atoms with van der Waals surface area (Å²) in [6, 6.07) is 15.1. The van der Waals surface area contributed by atoms with Crippen molar-refractivity contribution in [2.45, 2.75) is 6.54 Å². The third-order valence-corrected chi connectivity index (χ3v) is 4.18. The highest BCUT2D eigenvalue weighted by Crippen LogP contribution is 2.17. The van der Waals surface area contributed by atoms with E-state index in [4.69, 9.17) is 11.6 Å². The molecular weight excluding hydrogens is 338 g/mol. The number of carbonyl (C=O) groups is 1. The van der Waals surface area contributed by atoms with Gasteiger partial charge in [-0.3, -0.25) is 14.8 Å². The molecule has 7 heteroatoms. The molecule has 0 aliphatic carbocycles. The number of imidazole rings is 1. The van der Waals surface area contributed by atoms with Gasteiger partial charge in [-0.05, 0) is 23.8 Å². The minimum absolute atomic E-state index is 0.274. The summed E-state index contributed by atoms with van der Waals surface area (Å²) in [4.78, 5) is 19.8. The third kappa shape index (κ3) is 3.25. The molecule has 4 rings (SSSR count). The van der Waals surface area contributed by atoms with Crippen LogP contribution in [0.25, 0.3) is 11.0 Å². The average Bonchev–Trinajstić information content (AvgIpc) is 3.23. The lowest BCUT2D eigenvalue weighted by molar-refractivity contribution is 0.102. The number of carbonyl (C=O) groups excluding carboxylic acids is 1. The molecule has 1 amide bonds. The van der Waals surface area contributed by atoms with Crippen molar-refractivity contribution in [1.29, 1.82) is 0 Å². The first-order valence-corrected chi connectivity index (χ1v) is 8.09. The fourth-order valence-corrected chi connectivity index (χ4v) is 2.76. The van der Waals surface area contributed by atoms with Crippen LogP contribution in [0.3, 0.4) is 0 Å². The smallest absolute Gasteiger partial charge is 0.261 e. The first-order chi connectivity index (χ1) is 12.2. The number of rotatable bonds is 4. The number of aromatic nitrogens is 4. The second-order valence-electron chi connectivity index (χ2n) is 5.57. The van der Waals surface area contributed by atoms with Gasteiger partial charge in [0, 0.05) is 11.2 Å². The number of aromatic amines is 1. The summed E-state index contributed by atoms with van der Waals surface area (Å²) in [5.41, 5.74) is 3.06. The Kier molecular flexibility index (Phi) is 3.95. The summed E-state index contributed by atoms with van der Waals surface area (Å²) < 4.78 is 1.68. The number of hydrogen-bond donors (Lipinski definition) is 2. The van der Waals surface area contributed by atoms with E-state index in [-0.39, 0.29) is 5.91 Å². The Balaban J connectivity index is 1.49. The molecule has 0 saturated heterocycles. The fraction of sp³-hybridized carbons (Fsp3) is 0.0556. The van der Waals surface area contributed by atoms with Gasteiger partial charge < -0.3 is 4.98 Å². The Hall–Kier alpha value is -3.12. The van der Waals surface area contributed by atoms with E-state index in [1.54, 1.807) is 10.9 Å². The van der Waals surface area contributed by atoms with E-state index in [9.17, 15) is 4.79 Å². The Bertz CT molecular complexity index is 1020. The van der Waals surface area contributed by atoms with Crippen molar-refractivity contribution in [3.63, 3.8) is 0 Å². The predicted molar refractivity (Wildman–Crippen MR) is 96.8 cm³/mol. The van der Waals surface area contributed by atoms with E-state index < -0.39 is 0 Å². The number of H-pyrrole nitrogens is 1. The van der Waals surface area contributed by atoms with Crippen LogP contribution in [-0.2, 0) is 6.54 Å². The van der Waals surface area contributed by atoms with Crippen molar-refractivity contribution in [3.05, 3.63) is 77.1 Å². The number of nitrogens with zero attached hydrogens (tertiary/aromatic N) is 3. The molecule has 0 aliphatic rings. The van der Waals surface area contributed by atoms with Crippen LogP contribution in [0.5, 0.6) is 0 Å². The van der Waals surface area contributed by atoms with Crippen LogP contribution in [-0.4, -0.2) is 25.7 Å². The molecule has 2 aromatic carbocycles. The molecule has 0 radical (unpaired) electrons. The number of hydrogen-bond acceptors (Lipinski definition) is 3. The lowest BCUT2D eigenvalue weighted by atomic mass is 10.2. The summed E-state index contributed by atoms with van der Waals surface area (Å²) in [5, 5.41) is 7.65. The Morgan fingerprint density at radius 2 is 1.96 bits per heavy atom. The summed E-state index contributed by atoms with van der Waals surface area (Å²) >= 11 is 6.16. The molecule has 0 spiro atoms. The first kappa shape index (κ1) is 15.4. The molecule has 0 aliphatic heterocycles. The number of fused-ring (bicyclic) bond motifs is 1. The molecule has 0 bridgehead atoms. The highest BCUT2D eigenvalue weighted by molar-refractivity contribution is 6.31. The van der Waals surface area contributed by atoms with Crippen molar-refractivity contribution in [2.75, 3.05) is 5.32 Å². The van der Waals surface area contributed by atoms with Gasteiger partial charge in [0.25, 0.3) is 5.91 Å². The number of anilines is 1. The van der Waals surface area contributed by atoms with Gasteiger partial charge in [0.05, 0.1) is 29.3 Å². The predicted octanol–water partition coefficient (Wildman–Crippen LogP) is 3.71. The van der Waals surface area contributed by atoms with Gasteiger partial charge in [-0.1, -0.05) is 41.9 Å². The van der Waals surface area contributed by atoms with Crippen LogP contribution < -0.4 is 5.32 Å². The van der Waals surface area contributed by atoms with Crippen LogP contribution in [0.1, 0.15) is 15.9 Å². The minimum atomic E-state index is -0.274. The van der Waals surface area contributed by atoms with E-state index in [0.717, 1.165) is 16.6 Å². The molecule has 0 unspecified atom stereocenters. The zero-order valence-electron chi connectivity index (χ0n) is 13.1. The van der Waals surface area contributed by atoms with Gasteiger partial charge in [-0.15, -0.1) is 0 Å². The SMILES string of the molecule is O=C(Nc1nc2ccccc2[nH]1)c1cnn(Cc2ccccc2Cl)c1. The van der Waals surface area contributed by atoms with Crippen molar-refractivity contribution in [2.24, 2.45) is 0 Å². The molecule has 0 fully saturated rings. The number of amides is 1. The van der Waals surface area contributed by atoms with Crippen LogP contribution in [0.15, 0.2) is 60.9 Å². The van der Waals surface area contributed by atoms with Gasteiger partial charge >= 0.3 is 0 Å². The van der Waals surface area contributed by atoms with Crippen molar-refractivity contribution in [1.82, 2.24) is 19.7 Å².